The highest BCUT2D eigenvalue weighted by molar-refractivity contribution is 5.95. The predicted octanol–water partition coefficient (Wildman–Crippen LogP) is 1.42. The molecule has 2 aromatic rings. The van der Waals surface area contributed by atoms with Crippen LogP contribution in [0.3, 0.4) is 0 Å². The van der Waals surface area contributed by atoms with Gasteiger partial charge in [0.15, 0.2) is 5.65 Å². The zero-order valence-electron chi connectivity index (χ0n) is 16.5. The molecule has 0 bridgehead atoms. The van der Waals surface area contributed by atoms with E-state index < -0.39 is 0 Å². The van der Waals surface area contributed by atoms with E-state index in [2.05, 4.69) is 44.2 Å². The molecule has 2 saturated heterocycles. The van der Waals surface area contributed by atoms with Crippen molar-refractivity contribution in [3.63, 3.8) is 0 Å². The van der Waals surface area contributed by atoms with E-state index in [1.54, 1.807) is 10.9 Å². The van der Waals surface area contributed by atoms with Crippen LogP contribution in [-0.2, 0) is 7.05 Å². The van der Waals surface area contributed by atoms with Gasteiger partial charge in [-0.15, -0.1) is 0 Å². The average Bonchev–Trinajstić information content (AvgIpc) is 3.05. The molecular formula is C19H29N7O. The lowest BCUT2D eigenvalue weighted by Gasteiger charge is -2.31. The molecule has 4 heterocycles. The highest BCUT2D eigenvalue weighted by atomic mass is 16.2. The van der Waals surface area contributed by atoms with E-state index in [4.69, 9.17) is 0 Å². The second-order valence-corrected chi connectivity index (χ2v) is 8.10. The molecule has 2 aromatic heterocycles. The summed E-state index contributed by atoms with van der Waals surface area (Å²) in [5.41, 5.74) is 0.715. The Morgan fingerprint density at radius 2 is 1.78 bits per heavy atom. The van der Waals surface area contributed by atoms with Crippen molar-refractivity contribution in [2.45, 2.75) is 38.6 Å². The summed E-state index contributed by atoms with van der Waals surface area (Å²) >= 11 is 0. The first-order chi connectivity index (χ1) is 13.0. The molecule has 1 N–H and O–H groups in total. The second kappa shape index (κ2) is 7.42. The number of carbonyl (C=O) groups excluding carboxylic acids is 1. The molecule has 2 fully saturated rings. The van der Waals surface area contributed by atoms with Crippen LogP contribution in [0.5, 0.6) is 0 Å². The molecule has 0 saturated carbocycles. The van der Waals surface area contributed by atoms with Gasteiger partial charge in [0.1, 0.15) is 5.82 Å². The normalized spacial score (nSPS) is 20.3. The minimum absolute atomic E-state index is 0.181. The lowest BCUT2D eigenvalue weighted by atomic mass is 9.99. The number of hydrogen-bond acceptors (Lipinski definition) is 6. The summed E-state index contributed by atoms with van der Waals surface area (Å²) in [4.78, 5) is 26.6. The van der Waals surface area contributed by atoms with Crippen molar-refractivity contribution in [3.8, 4) is 0 Å². The van der Waals surface area contributed by atoms with E-state index in [-0.39, 0.29) is 17.8 Å². The number of rotatable bonds is 3. The highest BCUT2D eigenvalue weighted by Gasteiger charge is 2.25. The van der Waals surface area contributed by atoms with E-state index in [0.717, 1.165) is 69.0 Å². The number of nitrogens with zero attached hydrogens (tertiary/aromatic N) is 6. The topological polar surface area (TPSA) is 79.2 Å². The van der Waals surface area contributed by atoms with E-state index in [9.17, 15) is 4.79 Å². The Hall–Kier alpha value is -2.22. The quantitative estimate of drug-likeness (QED) is 0.879. The van der Waals surface area contributed by atoms with Crippen molar-refractivity contribution in [3.05, 3.63) is 12.0 Å². The van der Waals surface area contributed by atoms with Crippen LogP contribution in [0, 0.1) is 5.92 Å². The smallest absolute Gasteiger partial charge is 0.289 e. The number of amides is 1. The van der Waals surface area contributed by atoms with Crippen molar-refractivity contribution in [1.29, 1.82) is 0 Å². The van der Waals surface area contributed by atoms with Gasteiger partial charge in [0.05, 0.1) is 11.6 Å². The summed E-state index contributed by atoms with van der Waals surface area (Å²) in [5, 5.41) is 8.39. The first-order valence-electron chi connectivity index (χ1n) is 9.95. The number of piperidine rings is 2. The van der Waals surface area contributed by atoms with Gasteiger partial charge in [-0.1, -0.05) is 6.92 Å². The third-order valence-electron chi connectivity index (χ3n) is 5.91. The first kappa shape index (κ1) is 18.2. The molecule has 1 amide bonds. The van der Waals surface area contributed by atoms with E-state index in [1.165, 1.54) is 0 Å². The standard InChI is InChI=1S/C19H29N7O/c1-13-4-10-26(11-5-13)18-15-12-20-25(3)17(15)22-16(23-18)19(27)21-14-6-8-24(2)9-7-14/h12-14H,4-11H2,1-3H3,(H,21,27). The molecule has 0 unspecified atom stereocenters. The molecule has 4 rings (SSSR count). The van der Waals surface area contributed by atoms with Gasteiger partial charge in [0.2, 0.25) is 5.82 Å². The Balaban J connectivity index is 1.60. The van der Waals surface area contributed by atoms with Gasteiger partial charge in [0.25, 0.3) is 5.91 Å². The summed E-state index contributed by atoms with van der Waals surface area (Å²) in [6.07, 6.45) is 6.02. The number of aromatic nitrogens is 4. The largest absolute Gasteiger partial charge is 0.356 e. The van der Waals surface area contributed by atoms with E-state index >= 15 is 0 Å². The number of anilines is 1. The van der Waals surface area contributed by atoms with Gasteiger partial charge >= 0.3 is 0 Å². The molecule has 27 heavy (non-hydrogen) atoms. The third-order valence-corrected chi connectivity index (χ3v) is 5.91. The van der Waals surface area contributed by atoms with Crippen molar-refractivity contribution in [2.75, 3.05) is 38.1 Å². The monoisotopic (exact) mass is 371 g/mol. The molecule has 2 aliphatic rings. The molecule has 0 spiro atoms. The van der Waals surface area contributed by atoms with Crippen LogP contribution in [0.2, 0.25) is 0 Å². The number of hydrogen-bond donors (Lipinski definition) is 1. The third kappa shape index (κ3) is 3.76. The van der Waals surface area contributed by atoms with Gasteiger partial charge in [-0.25, -0.2) is 9.97 Å². The predicted molar refractivity (Wildman–Crippen MR) is 105 cm³/mol. The van der Waals surface area contributed by atoms with Crippen LogP contribution >= 0.6 is 0 Å². The summed E-state index contributed by atoms with van der Waals surface area (Å²) < 4.78 is 1.72. The van der Waals surface area contributed by atoms with Crippen LogP contribution < -0.4 is 10.2 Å². The number of nitrogens with one attached hydrogen (secondary N) is 1. The molecule has 0 radical (unpaired) electrons. The fourth-order valence-electron chi connectivity index (χ4n) is 3.97. The summed E-state index contributed by atoms with van der Waals surface area (Å²) in [6, 6.07) is 0.193. The molecule has 0 aliphatic carbocycles. The lowest BCUT2D eigenvalue weighted by Crippen LogP contribution is -2.44. The first-order valence-corrected chi connectivity index (χ1v) is 9.95. The summed E-state index contributed by atoms with van der Waals surface area (Å²) in [5.74, 6) is 1.64. The average molecular weight is 371 g/mol. The molecular weight excluding hydrogens is 342 g/mol. The van der Waals surface area contributed by atoms with Crippen LogP contribution in [0.25, 0.3) is 11.0 Å². The SMILES string of the molecule is CC1CCN(c2nc(C(=O)NC3CCN(C)CC3)nc3c2cnn3C)CC1. The Kier molecular flexibility index (Phi) is 4.99. The minimum Gasteiger partial charge on any atom is -0.356 e. The van der Waals surface area contributed by atoms with Crippen LogP contribution in [0.1, 0.15) is 43.2 Å². The zero-order valence-corrected chi connectivity index (χ0v) is 16.5. The fourth-order valence-corrected chi connectivity index (χ4v) is 3.97. The maximum Gasteiger partial charge on any atom is 0.289 e. The zero-order chi connectivity index (χ0) is 19.0. The van der Waals surface area contributed by atoms with Gasteiger partial charge in [-0.3, -0.25) is 9.48 Å². The van der Waals surface area contributed by atoms with Crippen molar-refractivity contribution in [2.24, 2.45) is 13.0 Å². The van der Waals surface area contributed by atoms with Crippen molar-refractivity contribution < 1.29 is 4.79 Å². The summed E-state index contributed by atoms with van der Waals surface area (Å²) in [6.45, 7) is 6.21. The minimum atomic E-state index is -0.181. The Morgan fingerprint density at radius 1 is 1.07 bits per heavy atom. The fraction of sp³-hybridized carbons (Fsp3) is 0.684. The maximum absolute atomic E-state index is 12.9. The maximum atomic E-state index is 12.9. The van der Waals surface area contributed by atoms with Gasteiger partial charge in [0, 0.05) is 26.2 Å². The van der Waals surface area contributed by atoms with Gasteiger partial charge in [-0.2, -0.15) is 5.10 Å². The molecule has 0 atom stereocenters. The highest BCUT2D eigenvalue weighted by Crippen LogP contribution is 2.27. The summed E-state index contributed by atoms with van der Waals surface area (Å²) in [7, 11) is 3.97. The van der Waals surface area contributed by atoms with Crippen molar-refractivity contribution in [1.82, 2.24) is 30.0 Å². The molecule has 146 valence electrons. The molecule has 8 heteroatoms. The van der Waals surface area contributed by atoms with E-state index in [1.807, 2.05) is 7.05 Å². The molecule has 8 nitrogen and oxygen atoms in total. The van der Waals surface area contributed by atoms with Gasteiger partial charge < -0.3 is 15.1 Å². The van der Waals surface area contributed by atoms with Crippen LogP contribution in [0.4, 0.5) is 5.82 Å². The number of aryl methyl sites for hydroxylation is 1. The van der Waals surface area contributed by atoms with Crippen LogP contribution in [0.15, 0.2) is 6.20 Å². The number of fused-ring (bicyclic) bond motifs is 1. The number of likely N-dealkylation sites (tertiary alicyclic amines) is 1. The van der Waals surface area contributed by atoms with Crippen molar-refractivity contribution >= 4 is 22.8 Å². The Bertz CT molecular complexity index is 817. The van der Waals surface area contributed by atoms with Gasteiger partial charge in [-0.05, 0) is 51.7 Å². The Labute approximate surface area is 159 Å². The number of carbonyl (C=O) groups is 1. The Morgan fingerprint density at radius 3 is 2.48 bits per heavy atom. The lowest BCUT2D eigenvalue weighted by molar-refractivity contribution is 0.0906. The van der Waals surface area contributed by atoms with E-state index in [0.29, 0.717) is 5.65 Å². The molecule has 0 aromatic carbocycles. The molecule has 2 aliphatic heterocycles. The van der Waals surface area contributed by atoms with Crippen LogP contribution in [-0.4, -0.2) is 69.8 Å². The second-order valence-electron chi connectivity index (χ2n) is 8.10.